The minimum Gasteiger partial charge on any atom is -0.375 e. The molecular formula is C13H16N2O. The topological polar surface area (TPSA) is 32.3 Å². The van der Waals surface area contributed by atoms with Crippen molar-refractivity contribution in [2.45, 2.75) is 13.5 Å². The second-order valence-corrected chi connectivity index (χ2v) is 3.97. The number of fused-ring (bicyclic) bond motifs is 1. The first kappa shape index (κ1) is 10.7. The molecule has 84 valence electrons. The maximum atomic E-state index is 11.9. The molecule has 1 aromatic rings. The molecule has 0 bridgehead atoms. The smallest absolute Gasteiger partial charge is 0.253 e. The van der Waals surface area contributed by atoms with E-state index in [1.165, 1.54) is 5.56 Å². The zero-order chi connectivity index (χ0) is 11.5. The lowest BCUT2D eigenvalue weighted by Crippen LogP contribution is -2.28. The fraction of sp³-hybridized carbons (Fsp3) is 0.308. The Hall–Kier alpha value is -1.77. The molecule has 2 rings (SSSR count). The van der Waals surface area contributed by atoms with Crippen LogP contribution in [0.1, 0.15) is 18.1 Å². The van der Waals surface area contributed by atoms with Gasteiger partial charge in [-0.3, -0.25) is 4.79 Å². The highest BCUT2D eigenvalue weighted by Crippen LogP contribution is 2.25. The normalized spacial score (nSPS) is 14.1. The highest BCUT2D eigenvalue weighted by molar-refractivity contribution is 6.20. The van der Waals surface area contributed by atoms with Gasteiger partial charge < -0.3 is 10.2 Å². The van der Waals surface area contributed by atoms with Gasteiger partial charge in [0.1, 0.15) is 0 Å². The predicted molar refractivity (Wildman–Crippen MR) is 64.6 cm³/mol. The lowest BCUT2D eigenvalue weighted by molar-refractivity contribution is -0.115. The summed E-state index contributed by atoms with van der Waals surface area (Å²) in [5.74, 6) is 0.00139. The van der Waals surface area contributed by atoms with Gasteiger partial charge in [-0.2, -0.15) is 0 Å². The summed E-state index contributed by atoms with van der Waals surface area (Å²) in [5, 5.41) is 2.84. The number of rotatable bonds is 2. The monoisotopic (exact) mass is 216 g/mol. The van der Waals surface area contributed by atoms with Gasteiger partial charge in [0.15, 0.2) is 0 Å². The molecular weight excluding hydrogens is 200 g/mol. The number of nitrogens with one attached hydrogen (secondary N) is 1. The average molecular weight is 216 g/mol. The van der Waals surface area contributed by atoms with E-state index in [9.17, 15) is 4.79 Å². The lowest BCUT2D eigenvalue weighted by atomic mass is 9.96. The van der Waals surface area contributed by atoms with E-state index in [0.29, 0.717) is 6.54 Å². The summed E-state index contributed by atoms with van der Waals surface area (Å²) in [6.45, 7) is 3.44. The van der Waals surface area contributed by atoms with Gasteiger partial charge in [0.25, 0.3) is 5.91 Å². The Bertz CT molecular complexity index is 437. The summed E-state index contributed by atoms with van der Waals surface area (Å²) in [7, 11) is 1.98. The molecule has 0 saturated carbocycles. The molecule has 0 fully saturated rings. The summed E-state index contributed by atoms with van der Waals surface area (Å²) >= 11 is 0. The van der Waals surface area contributed by atoms with Gasteiger partial charge in [0.05, 0.1) is 5.57 Å². The number of nitrogens with zero attached hydrogens (tertiary/aromatic N) is 1. The molecule has 0 spiro atoms. The van der Waals surface area contributed by atoms with Gasteiger partial charge >= 0.3 is 0 Å². The molecule has 16 heavy (non-hydrogen) atoms. The van der Waals surface area contributed by atoms with E-state index in [1.807, 2.05) is 43.3 Å². The van der Waals surface area contributed by atoms with Gasteiger partial charge in [-0.25, -0.2) is 0 Å². The standard InChI is InChI=1S/C13H16N2O/c1-3-14-13(16)12-9-15(2)8-10-6-4-5-7-11(10)12/h4-7,9H,3,8H2,1-2H3,(H,14,16). The highest BCUT2D eigenvalue weighted by Gasteiger charge is 2.19. The van der Waals surface area contributed by atoms with Gasteiger partial charge in [0, 0.05) is 26.3 Å². The first-order chi connectivity index (χ1) is 7.72. The molecule has 0 radical (unpaired) electrons. The molecule has 0 atom stereocenters. The average Bonchev–Trinajstić information content (AvgIpc) is 2.28. The van der Waals surface area contributed by atoms with Crippen molar-refractivity contribution in [1.82, 2.24) is 10.2 Å². The Kier molecular flexibility index (Phi) is 2.95. The van der Waals surface area contributed by atoms with Crippen LogP contribution in [0.3, 0.4) is 0 Å². The van der Waals surface area contributed by atoms with E-state index in [1.54, 1.807) is 0 Å². The van der Waals surface area contributed by atoms with Crippen LogP contribution in [0.4, 0.5) is 0 Å². The van der Waals surface area contributed by atoms with Crippen molar-refractivity contribution in [3.05, 3.63) is 41.6 Å². The summed E-state index contributed by atoms with van der Waals surface area (Å²) in [6, 6.07) is 8.05. The van der Waals surface area contributed by atoms with Crippen molar-refractivity contribution in [2.75, 3.05) is 13.6 Å². The third kappa shape index (κ3) is 1.94. The number of carbonyl (C=O) groups excluding carboxylic acids is 1. The van der Waals surface area contributed by atoms with Gasteiger partial charge in [-0.1, -0.05) is 24.3 Å². The van der Waals surface area contributed by atoms with Crippen molar-refractivity contribution >= 4 is 11.5 Å². The van der Waals surface area contributed by atoms with Crippen LogP contribution in [-0.2, 0) is 11.3 Å². The molecule has 3 heteroatoms. The highest BCUT2D eigenvalue weighted by atomic mass is 16.1. The van der Waals surface area contributed by atoms with Crippen LogP contribution < -0.4 is 5.32 Å². The van der Waals surface area contributed by atoms with Crippen LogP contribution in [0.2, 0.25) is 0 Å². The predicted octanol–water partition coefficient (Wildman–Crippen LogP) is 1.61. The van der Waals surface area contributed by atoms with Crippen molar-refractivity contribution < 1.29 is 4.79 Å². The summed E-state index contributed by atoms with van der Waals surface area (Å²) in [4.78, 5) is 13.9. The van der Waals surface area contributed by atoms with E-state index in [2.05, 4.69) is 11.4 Å². The van der Waals surface area contributed by atoms with E-state index in [4.69, 9.17) is 0 Å². The number of hydrogen-bond donors (Lipinski definition) is 1. The quantitative estimate of drug-likeness (QED) is 0.814. The van der Waals surface area contributed by atoms with Crippen molar-refractivity contribution in [1.29, 1.82) is 0 Å². The largest absolute Gasteiger partial charge is 0.375 e. The van der Waals surface area contributed by atoms with E-state index in [0.717, 1.165) is 17.7 Å². The SMILES string of the molecule is CCNC(=O)C1=CN(C)Cc2ccccc21. The molecule has 0 aliphatic carbocycles. The first-order valence-electron chi connectivity index (χ1n) is 5.51. The van der Waals surface area contributed by atoms with Crippen molar-refractivity contribution in [3.63, 3.8) is 0 Å². The number of likely N-dealkylation sites (N-methyl/N-ethyl adjacent to an activating group) is 1. The van der Waals surface area contributed by atoms with Crippen LogP contribution >= 0.6 is 0 Å². The number of hydrogen-bond acceptors (Lipinski definition) is 2. The Balaban J connectivity index is 2.39. The Labute approximate surface area is 95.8 Å². The van der Waals surface area contributed by atoms with Gasteiger partial charge in [-0.05, 0) is 18.1 Å². The molecule has 0 saturated heterocycles. The van der Waals surface area contributed by atoms with Crippen LogP contribution in [-0.4, -0.2) is 24.4 Å². The molecule has 1 aliphatic heterocycles. The fourth-order valence-corrected chi connectivity index (χ4v) is 1.96. The molecule has 1 heterocycles. The van der Waals surface area contributed by atoms with E-state index >= 15 is 0 Å². The molecule has 1 aliphatic rings. The third-order valence-corrected chi connectivity index (χ3v) is 2.66. The van der Waals surface area contributed by atoms with Crippen molar-refractivity contribution in [3.8, 4) is 0 Å². The number of amides is 1. The first-order valence-corrected chi connectivity index (χ1v) is 5.51. The van der Waals surface area contributed by atoms with Crippen LogP contribution in [0.5, 0.6) is 0 Å². The van der Waals surface area contributed by atoms with Gasteiger partial charge in [-0.15, -0.1) is 0 Å². The van der Waals surface area contributed by atoms with Crippen LogP contribution in [0.25, 0.3) is 5.57 Å². The molecule has 1 aromatic carbocycles. The Morgan fingerprint density at radius 3 is 2.94 bits per heavy atom. The van der Waals surface area contributed by atoms with E-state index in [-0.39, 0.29) is 5.91 Å². The molecule has 1 N–H and O–H groups in total. The maximum absolute atomic E-state index is 11.9. The van der Waals surface area contributed by atoms with Crippen molar-refractivity contribution in [2.24, 2.45) is 0 Å². The maximum Gasteiger partial charge on any atom is 0.253 e. The molecule has 0 unspecified atom stereocenters. The minimum atomic E-state index is 0.00139. The van der Waals surface area contributed by atoms with Crippen LogP contribution in [0, 0.1) is 0 Å². The fourth-order valence-electron chi connectivity index (χ4n) is 1.96. The lowest BCUT2D eigenvalue weighted by Gasteiger charge is -2.24. The summed E-state index contributed by atoms with van der Waals surface area (Å²) in [6.07, 6.45) is 1.91. The second-order valence-electron chi connectivity index (χ2n) is 3.97. The summed E-state index contributed by atoms with van der Waals surface area (Å²) in [5.41, 5.74) is 3.01. The zero-order valence-corrected chi connectivity index (χ0v) is 9.66. The van der Waals surface area contributed by atoms with E-state index < -0.39 is 0 Å². The number of carbonyl (C=O) groups is 1. The minimum absolute atomic E-state index is 0.00139. The van der Waals surface area contributed by atoms with Crippen LogP contribution in [0.15, 0.2) is 30.5 Å². The van der Waals surface area contributed by atoms with Gasteiger partial charge in [0.2, 0.25) is 0 Å². The Morgan fingerprint density at radius 2 is 2.19 bits per heavy atom. The summed E-state index contributed by atoms with van der Waals surface area (Å²) < 4.78 is 0. The molecule has 0 aromatic heterocycles. The number of benzene rings is 1. The zero-order valence-electron chi connectivity index (χ0n) is 9.66. The molecule has 3 nitrogen and oxygen atoms in total. The second kappa shape index (κ2) is 4.39. The molecule has 1 amide bonds. The third-order valence-electron chi connectivity index (χ3n) is 2.66. The Morgan fingerprint density at radius 1 is 1.44 bits per heavy atom.